The highest BCUT2D eigenvalue weighted by Crippen LogP contribution is 2.44. The van der Waals surface area contributed by atoms with E-state index >= 15 is 0 Å². The number of hydrogen-bond donors (Lipinski definition) is 1. The lowest BCUT2D eigenvalue weighted by Crippen LogP contribution is -2.59. The summed E-state index contributed by atoms with van der Waals surface area (Å²) in [6.07, 6.45) is -1.70. The molecule has 3 heterocycles. The first-order valence-corrected chi connectivity index (χ1v) is 9.88. The number of fused-ring (bicyclic) bond motifs is 3. The molecule has 8 nitrogen and oxygen atoms in total. The molecular weight excluding hydrogens is 432 g/mol. The Hall–Kier alpha value is -1.36. The molecule has 4 rings (SSSR count). The monoisotopic (exact) mass is 454 g/mol. The Labute approximate surface area is 171 Å². The van der Waals surface area contributed by atoms with Crippen molar-refractivity contribution in [3.63, 3.8) is 0 Å². The molecule has 5 atom stereocenters. The smallest absolute Gasteiger partial charge is 0.272 e. The summed E-state index contributed by atoms with van der Waals surface area (Å²) in [6.45, 7) is 7.17. The van der Waals surface area contributed by atoms with Crippen LogP contribution < -0.4 is 5.43 Å². The van der Waals surface area contributed by atoms with Crippen molar-refractivity contribution in [3.05, 3.63) is 34.3 Å². The van der Waals surface area contributed by atoms with E-state index in [-0.39, 0.29) is 0 Å². The maximum atomic E-state index is 12.8. The van der Waals surface area contributed by atoms with Gasteiger partial charge < -0.3 is 23.7 Å². The van der Waals surface area contributed by atoms with Crippen molar-refractivity contribution < 1.29 is 28.5 Å². The van der Waals surface area contributed by atoms with Crippen LogP contribution in [0.15, 0.2) is 33.8 Å². The van der Waals surface area contributed by atoms with Gasteiger partial charge >= 0.3 is 0 Å². The molecule has 1 aromatic rings. The number of hydrazone groups is 1. The highest BCUT2D eigenvalue weighted by molar-refractivity contribution is 9.10. The molecule has 0 unspecified atom stereocenters. The van der Waals surface area contributed by atoms with Gasteiger partial charge in [0.1, 0.15) is 18.3 Å². The molecule has 3 fully saturated rings. The van der Waals surface area contributed by atoms with Crippen LogP contribution in [0.3, 0.4) is 0 Å². The van der Waals surface area contributed by atoms with Gasteiger partial charge in [0, 0.05) is 4.47 Å². The molecule has 28 heavy (non-hydrogen) atoms. The number of benzene rings is 1. The minimum absolute atomic E-state index is 0.436. The summed E-state index contributed by atoms with van der Waals surface area (Å²) in [7, 11) is 0. The van der Waals surface area contributed by atoms with Crippen molar-refractivity contribution in [3.8, 4) is 0 Å². The van der Waals surface area contributed by atoms with Crippen molar-refractivity contribution in [1.29, 1.82) is 0 Å². The summed E-state index contributed by atoms with van der Waals surface area (Å²) in [5.74, 6) is -2.13. The van der Waals surface area contributed by atoms with E-state index in [1.807, 2.05) is 24.3 Å². The standard InChI is InChI=1S/C19H23BrN2O6/c1-18(2)25-12-13(26-18)15-17(28-19(3,4)27-15)24-14(12)16(23)22-21-9-10-6-5-7-11(20)8-10/h5-9,12-15,17H,1-4H3,(H,22,23)/b21-9-/t12-,13+,14+,15-,17+/m1/s1. The molecule has 3 aliphatic heterocycles. The van der Waals surface area contributed by atoms with Crippen LogP contribution in [-0.2, 0) is 28.5 Å². The van der Waals surface area contributed by atoms with Gasteiger partial charge in [-0.1, -0.05) is 28.1 Å². The average Bonchev–Trinajstić information content (AvgIpc) is 3.08. The molecule has 3 saturated heterocycles. The average molecular weight is 455 g/mol. The second-order valence-corrected chi connectivity index (χ2v) is 8.79. The van der Waals surface area contributed by atoms with E-state index in [4.69, 9.17) is 23.7 Å². The quantitative estimate of drug-likeness (QED) is 0.556. The summed E-state index contributed by atoms with van der Waals surface area (Å²) >= 11 is 3.40. The van der Waals surface area contributed by atoms with E-state index in [1.165, 1.54) is 0 Å². The second-order valence-electron chi connectivity index (χ2n) is 7.88. The number of ether oxygens (including phenoxy) is 5. The van der Waals surface area contributed by atoms with Crippen molar-refractivity contribution in [2.75, 3.05) is 0 Å². The Morgan fingerprint density at radius 1 is 1.07 bits per heavy atom. The number of hydrogen-bond acceptors (Lipinski definition) is 7. The lowest BCUT2D eigenvalue weighted by atomic mass is 9.98. The van der Waals surface area contributed by atoms with Gasteiger partial charge in [-0.3, -0.25) is 4.79 Å². The van der Waals surface area contributed by atoms with E-state index in [2.05, 4.69) is 26.5 Å². The van der Waals surface area contributed by atoms with Crippen LogP contribution in [0, 0.1) is 0 Å². The van der Waals surface area contributed by atoms with E-state index in [0.717, 1.165) is 10.0 Å². The molecule has 152 valence electrons. The van der Waals surface area contributed by atoms with Crippen LogP contribution in [0.5, 0.6) is 0 Å². The largest absolute Gasteiger partial charge is 0.342 e. The maximum Gasteiger partial charge on any atom is 0.272 e. The highest BCUT2D eigenvalue weighted by atomic mass is 79.9. The SMILES string of the molecule is CC1(C)O[C@H]2[C@@H](O1)[C@@H](C(=O)N/N=C\c1cccc(Br)c1)O[C@H]1OC(C)(C)O[C@@H]12. The lowest BCUT2D eigenvalue weighted by Gasteiger charge is -2.36. The third-order valence-corrected chi connectivity index (χ3v) is 5.14. The zero-order valence-electron chi connectivity index (χ0n) is 16.0. The van der Waals surface area contributed by atoms with Crippen molar-refractivity contribution in [1.82, 2.24) is 5.43 Å². The summed E-state index contributed by atoms with van der Waals surface area (Å²) in [5, 5.41) is 4.03. The second kappa shape index (κ2) is 7.16. The van der Waals surface area contributed by atoms with E-state index in [9.17, 15) is 4.79 Å². The topological polar surface area (TPSA) is 87.6 Å². The molecule has 0 aromatic heterocycles. The molecule has 9 heteroatoms. The number of rotatable bonds is 3. The van der Waals surface area contributed by atoms with Crippen LogP contribution >= 0.6 is 15.9 Å². The number of carbonyl (C=O) groups excluding carboxylic acids is 1. The predicted molar refractivity (Wildman–Crippen MR) is 102 cm³/mol. The van der Waals surface area contributed by atoms with Crippen LogP contribution in [-0.4, -0.2) is 54.4 Å². The van der Waals surface area contributed by atoms with Gasteiger partial charge in [-0.25, -0.2) is 5.43 Å². The first-order valence-electron chi connectivity index (χ1n) is 9.09. The summed E-state index contributed by atoms with van der Waals surface area (Å²) in [4.78, 5) is 12.8. The van der Waals surface area contributed by atoms with Crippen LogP contribution in [0.2, 0.25) is 0 Å². The summed E-state index contributed by atoms with van der Waals surface area (Å²) < 4.78 is 30.5. The maximum absolute atomic E-state index is 12.8. The third-order valence-electron chi connectivity index (χ3n) is 4.65. The Morgan fingerprint density at radius 2 is 1.75 bits per heavy atom. The third kappa shape index (κ3) is 4.00. The van der Waals surface area contributed by atoms with Crippen LogP contribution in [0.4, 0.5) is 0 Å². The zero-order valence-corrected chi connectivity index (χ0v) is 17.6. The van der Waals surface area contributed by atoms with Gasteiger partial charge in [0.25, 0.3) is 5.91 Å². The van der Waals surface area contributed by atoms with Gasteiger partial charge in [-0.2, -0.15) is 5.10 Å². The molecular formula is C19H23BrN2O6. The van der Waals surface area contributed by atoms with Gasteiger partial charge in [-0.15, -0.1) is 0 Å². The van der Waals surface area contributed by atoms with Crippen LogP contribution in [0.25, 0.3) is 0 Å². The van der Waals surface area contributed by atoms with Gasteiger partial charge in [0.05, 0.1) is 6.21 Å². The van der Waals surface area contributed by atoms with Gasteiger partial charge in [0.2, 0.25) is 0 Å². The van der Waals surface area contributed by atoms with E-state index in [0.29, 0.717) is 0 Å². The number of halogens is 1. The fraction of sp³-hybridized carbons (Fsp3) is 0.579. The van der Waals surface area contributed by atoms with Crippen molar-refractivity contribution in [2.24, 2.45) is 5.10 Å². The number of amides is 1. The molecule has 0 aliphatic carbocycles. The van der Waals surface area contributed by atoms with Crippen molar-refractivity contribution in [2.45, 2.75) is 70.0 Å². The van der Waals surface area contributed by atoms with Gasteiger partial charge in [0.15, 0.2) is 24.0 Å². The predicted octanol–water partition coefficient (Wildman–Crippen LogP) is 2.30. The Balaban J connectivity index is 1.49. The molecule has 3 aliphatic rings. The molecule has 0 radical (unpaired) electrons. The lowest BCUT2D eigenvalue weighted by molar-refractivity contribution is -0.231. The molecule has 0 bridgehead atoms. The minimum atomic E-state index is -0.940. The first kappa shape index (κ1) is 19.9. The van der Waals surface area contributed by atoms with Gasteiger partial charge in [-0.05, 0) is 45.4 Å². The minimum Gasteiger partial charge on any atom is -0.342 e. The zero-order chi connectivity index (χ0) is 20.1. The van der Waals surface area contributed by atoms with Crippen molar-refractivity contribution >= 4 is 28.1 Å². The fourth-order valence-corrected chi connectivity index (χ4v) is 4.06. The first-order chi connectivity index (χ1) is 13.1. The molecule has 1 N–H and O–H groups in total. The Bertz CT molecular complexity index is 798. The molecule has 0 spiro atoms. The normalized spacial score (nSPS) is 35.5. The summed E-state index contributed by atoms with van der Waals surface area (Å²) in [5.41, 5.74) is 3.36. The molecule has 0 saturated carbocycles. The van der Waals surface area contributed by atoms with Crippen LogP contribution in [0.1, 0.15) is 33.3 Å². The molecule has 1 aromatic carbocycles. The highest BCUT2D eigenvalue weighted by Gasteiger charge is 2.62. The number of nitrogens with zero attached hydrogens (tertiary/aromatic N) is 1. The van der Waals surface area contributed by atoms with E-state index < -0.39 is 48.2 Å². The Kier molecular flexibility index (Phi) is 5.09. The Morgan fingerprint density at radius 3 is 2.50 bits per heavy atom. The molecule has 1 amide bonds. The fourth-order valence-electron chi connectivity index (χ4n) is 3.64. The van der Waals surface area contributed by atoms with E-state index in [1.54, 1.807) is 33.9 Å². The number of carbonyl (C=O) groups is 1. The summed E-state index contributed by atoms with van der Waals surface area (Å²) in [6, 6.07) is 7.55. The number of nitrogens with one attached hydrogen (secondary N) is 1.